The van der Waals surface area contributed by atoms with Crippen LogP contribution >= 0.6 is 0 Å². The fourth-order valence-electron chi connectivity index (χ4n) is 4.64. The first kappa shape index (κ1) is 24.0. The van der Waals surface area contributed by atoms with E-state index in [-0.39, 0.29) is 11.3 Å². The lowest BCUT2D eigenvalue weighted by molar-refractivity contribution is -0.138. The summed E-state index contributed by atoms with van der Waals surface area (Å²) in [6, 6.07) is 17.2. The van der Waals surface area contributed by atoms with Gasteiger partial charge in [0, 0.05) is 42.3 Å². The lowest BCUT2D eigenvalue weighted by Gasteiger charge is -2.18. The standard InChI is InChI=1S/C27H26FN3O4S/c28-21-7-12-25-24(16-21)20(17-29-25)15-26(27(32)33)30-36(34,35)23-10-5-19(6-11-23)18-3-8-22(9-4-18)31-13-1-2-14-31/h3-12,16-17,26,29-30H,1-2,13-15H2,(H,32,33). The van der Waals surface area contributed by atoms with Crippen molar-refractivity contribution in [3.8, 4) is 11.1 Å². The fraction of sp³-hybridized carbons (Fsp3) is 0.222. The third-order valence-corrected chi connectivity index (χ3v) is 8.07. The number of aromatic nitrogens is 1. The number of nitrogens with zero attached hydrogens (tertiary/aromatic N) is 1. The van der Waals surface area contributed by atoms with E-state index in [9.17, 15) is 22.7 Å². The van der Waals surface area contributed by atoms with Crippen molar-refractivity contribution in [3.63, 3.8) is 0 Å². The molecule has 36 heavy (non-hydrogen) atoms. The molecule has 0 radical (unpaired) electrons. The average molecular weight is 508 g/mol. The number of aromatic amines is 1. The summed E-state index contributed by atoms with van der Waals surface area (Å²) in [7, 11) is -4.11. The molecule has 0 spiro atoms. The molecule has 1 aliphatic rings. The SMILES string of the molecule is O=C(O)C(Cc1c[nH]c2ccc(F)cc12)NS(=O)(=O)c1ccc(-c2ccc(N3CCCC3)cc2)cc1. The maximum absolute atomic E-state index is 13.7. The van der Waals surface area contributed by atoms with Crippen LogP contribution in [-0.4, -0.2) is 43.6 Å². The highest BCUT2D eigenvalue weighted by molar-refractivity contribution is 7.89. The lowest BCUT2D eigenvalue weighted by atomic mass is 10.1. The van der Waals surface area contributed by atoms with Crippen LogP contribution in [0.4, 0.5) is 10.1 Å². The summed E-state index contributed by atoms with van der Waals surface area (Å²) in [5.41, 5.74) is 4.15. The van der Waals surface area contributed by atoms with Gasteiger partial charge in [-0.05, 0) is 72.0 Å². The minimum Gasteiger partial charge on any atom is -0.480 e. The van der Waals surface area contributed by atoms with Crippen molar-refractivity contribution in [2.45, 2.75) is 30.2 Å². The van der Waals surface area contributed by atoms with E-state index in [2.05, 4.69) is 26.7 Å². The molecular weight excluding hydrogens is 481 g/mol. The summed E-state index contributed by atoms with van der Waals surface area (Å²) in [4.78, 5) is 17.2. The fourth-order valence-corrected chi connectivity index (χ4v) is 5.83. The molecule has 7 nitrogen and oxygen atoms in total. The predicted octanol–water partition coefficient (Wildman–Crippen LogP) is 4.55. The van der Waals surface area contributed by atoms with Gasteiger partial charge in [0.25, 0.3) is 0 Å². The zero-order valence-electron chi connectivity index (χ0n) is 19.4. The van der Waals surface area contributed by atoms with E-state index in [1.807, 2.05) is 12.1 Å². The van der Waals surface area contributed by atoms with Gasteiger partial charge in [-0.1, -0.05) is 24.3 Å². The average Bonchev–Trinajstić information content (AvgIpc) is 3.54. The monoisotopic (exact) mass is 507 g/mol. The van der Waals surface area contributed by atoms with Crippen LogP contribution in [0.1, 0.15) is 18.4 Å². The molecule has 5 rings (SSSR count). The van der Waals surface area contributed by atoms with E-state index in [1.54, 1.807) is 24.4 Å². The van der Waals surface area contributed by atoms with Crippen molar-refractivity contribution >= 4 is 32.6 Å². The number of rotatable bonds is 8. The molecule has 1 saturated heterocycles. The summed E-state index contributed by atoms with van der Waals surface area (Å²) < 4.78 is 41.9. The highest BCUT2D eigenvalue weighted by Gasteiger charge is 2.27. The van der Waals surface area contributed by atoms with Crippen LogP contribution in [0.3, 0.4) is 0 Å². The van der Waals surface area contributed by atoms with E-state index in [0.717, 1.165) is 24.2 Å². The molecule has 4 aromatic rings. The van der Waals surface area contributed by atoms with E-state index in [1.165, 1.54) is 42.8 Å². The summed E-state index contributed by atoms with van der Waals surface area (Å²) in [6.45, 7) is 2.13. The van der Waals surface area contributed by atoms with E-state index < -0.39 is 27.9 Å². The summed E-state index contributed by atoms with van der Waals surface area (Å²) in [5, 5.41) is 10.2. The Kier molecular flexibility index (Phi) is 6.51. The van der Waals surface area contributed by atoms with Gasteiger partial charge in [-0.2, -0.15) is 4.72 Å². The van der Waals surface area contributed by atoms with E-state index >= 15 is 0 Å². The molecule has 0 amide bonds. The number of H-pyrrole nitrogens is 1. The van der Waals surface area contributed by atoms with Gasteiger partial charge in [-0.3, -0.25) is 4.79 Å². The van der Waals surface area contributed by atoms with E-state index in [0.29, 0.717) is 16.5 Å². The summed E-state index contributed by atoms with van der Waals surface area (Å²) in [5.74, 6) is -1.78. The molecule has 1 unspecified atom stereocenters. The van der Waals surface area contributed by atoms with Gasteiger partial charge in [0.2, 0.25) is 10.0 Å². The number of aliphatic carboxylic acids is 1. The Hall–Kier alpha value is -3.69. The molecular formula is C27H26FN3O4S. The Labute approximate surface area is 208 Å². The molecule has 3 N–H and O–H groups in total. The first-order valence-corrected chi connectivity index (χ1v) is 13.2. The zero-order chi connectivity index (χ0) is 25.3. The quantitative estimate of drug-likeness (QED) is 0.325. The van der Waals surface area contributed by atoms with Crippen LogP contribution in [0.5, 0.6) is 0 Å². The number of anilines is 1. The normalized spacial score (nSPS) is 14.9. The molecule has 0 bridgehead atoms. The Bertz CT molecular complexity index is 1490. The summed E-state index contributed by atoms with van der Waals surface area (Å²) in [6.07, 6.45) is 3.83. The van der Waals surface area contributed by atoms with Crippen LogP contribution in [0.2, 0.25) is 0 Å². The van der Waals surface area contributed by atoms with Gasteiger partial charge < -0.3 is 15.0 Å². The van der Waals surface area contributed by atoms with Crippen molar-refractivity contribution in [1.29, 1.82) is 0 Å². The molecule has 9 heteroatoms. The minimum absolute atomic E-state index is 0.0313. The van der Waals surface area contributed by atoms with E-state index in [4.69, 9.17) is 0 Å². The maximum atomic E-state index is 13.7. The van der Waals surface area contributed by atoms with Crippen LogP contribution < -0.4 is 9.62 Å². The number of nitrogens with one attached hydrogen (secondary N) is 2. The molecule has 0 aliphatic carbocycles. The van der Waals surface area contributed by atoms with Crippen molar-refractivity contribution in [1.82, 2.24) is 9.71 Å². The van der Waals surface area contributed by atoms with Crippen molar-refractivity contribution in [2.75, 3.05) is 18.0 Å². The van der Waals surface area contributed by atoms with Crippen LogP contribution in [-0.2, 0) is 21.2 Å². The van der Waals surface area contributed by atoms with Gasteiger partial charge in [0.15, 0.2) is 0 Å². The van der Waals surface area contributed by atoms with Gasteiger partial charge in [0.05, 0.1) is 4.90 Å². The lowest BCUT2D eigenvalue weighted by Crippen LogP contribution is -2.42. The summed E-state index contributed by atoms with van der Waals surface area (Å²) >= 11 is 0. The number of fused-ring (bicyclic) bond motifs is 1. The molecule has 186 valence electrons. The second kappa shape index (κ2) is 9.75. The Balaban J connectivity index is 1.32. The molecule has 1 atom stereocenters. The number of sulfonamides is 1. The predicted molar refractivity (Wildman–Crippen MR) is 137 cm³/mol. The number of hydrogen-bond donors (Lipinski definition) is 3. The van der Waals surface area contributed by atoms with Gasteiger partial charge in [-0.15, -0.1) is 0 Å². The minimum atomic E-state index is -4.11. The number of carboxylic acids is 1. The first-order valence-electron chi connectivity index (χ1n) is 11.8. The third-order valence-electron chi connectivity index (χ3n) is 6.59. The molecule has 1 aliphatic heterocycles. The molecule has 2 heterocycles. The van der Waals surface area contributed by atoms with Crippen molar-refractivity contribution in [3.05, 3.63) is 84.3 Å². The topological polar surface area (TPSA) is 102 Å². The number of halogens is 1. The highest BCUT2D eigenvalue weighted by Crippen LogP contribution is 2.27. The third kappa shape index (κ3) is 4.98. The maximum Gasteiger partial charge on any atom is 0.322 e. The second-order valence-corrected chi connectivity index (χ2v) is 10.7. The number of hydrogen-bond acceptors (Lipinski definition) is 4. The Morgan fingerprint density at radius 1 is 1.00 bits per heavy atom. The molecule has 1 aromatic heterocycles. The Morgan fingerprint density at radius 3 is 2.28 bits per heavy atom. The molecule has 0 saturated carbocycles. The van der Waals surface area contributed by atoms with Crippen LogP contribution in [0.25, 0.3) is 22.0 Å². The van der Waals surface area contributed by atoms with Gasteiger partial charge >= 0.3 is 5.97 Å². The van der Waals surface area contributed by atoms with Crippen molar-refractivity contribution < 1.29 is 22.7 Å². The molecule has 3 aromatic carbocycles. The second-order valence-electron chi connectivity index (χ2n) is 8.99. The molecule has 1 fully saturated rings. The number of carboxylic acid groups (broad SMARTS) is 1. The van der Waals surface area contributed by atoms with Gasteiger partial charge in [0.1, 0.15) is 11.9 Å². The first-order chi connectivity index (χ1) is 17.3. The van der Waals surface area contributed by atoms with Gasteiger partial charge in [-0.25, -0.2) is 12.8 Å². The Morgan fingerprint density at radius 2 is 1.64 bits per heavy atom. The zero-order valence-corrected chi connectivity index (χ0v) is 20.3. The van der Waals surface area contributed by atoms with Crippen LogP contribution in [0, 0.1) is 5.82 Å². The number of benzene rings is 3. The van der Waals surface area contributed by atoms with Crippen molar-refractivity contribution in [2.24, 2.45) is 0 Å². The van der Waals surface area contributed by atoms with Crippen LogP contribution in [0.15, 0.2) is 77.8 Å². The largest absolute Gasteiger partial charge is 0.480 e. The number of carbonyl (C=O) groups is 1. The highest BCUT2D eigenvalue weighted by atomic mass is 32.2. The smallest absolute Gasteiger partial charge is 0.322 e.